The summed E-state index contributed by atoms with van der Waals surface area (Å²) in [5.41, 5.74) is 1.06. The number of nitrogens with zero attached hydrogens (tertiary/aromatic N) is 1. The number of aromatic nitrogens is 1. The number of aliphatic carboxylic acids is 1. The molecule has 0 aliphatic carbocycles. The fourth-order valence-corrected chi connectivity index (χ4v) is 1.55. The summed E-state index contributed by atoms with van der Waals surface area (Å²) < 4.78 is 0. The lowest BCUT2D eigenvalue weighted by Gasteiger charge is -2.18. The molecule has 1 heterocycles. The Labute approximate surface area is 118 Å². The number of carboxylic acids is 1. The van der Waals surface area contributed by atoms with Crippen LogP contribution in [0.3, 0.4) is 0 Å². The van der Waals surface area contributed by atoms with Crippen LogP contribution in [-0.4, -0.2) is 28.5 Å². The van der Waals surface area contributed by atoms with Gasteiger partial charge in [0.1, 0.15) is 0 Å². The maximum atomic E-state index is 12.1. The largest absolute Gasteiger partial charge is 0.478 e. The molecule has 0 radical (unpaired) electrons. The van der Waals surface area contributed by atoms with Gasteiger partial charge in [0.2, 0.25) is 0 Å². The van der Waals surface area contributed by atoms with Crippen molar-refractivity contribution in [3.8, 4) is 0 Å². The average Bonchev–Trinajstić information content (AvgIpc) is 2.35. The first kappa shape index (κ1) is 15.9. The third-order valence-corrected chi connectivity index (χ3v) is 2.66. The number of hydrogen-bond acceptors (Lipinski definition) is 3. The van der Waals surface area contributed by atoms with E-state index in [4.69, 9.17) is 5.11 Å². The summed E-state index contributed by atoms with van der Waals surface area (Å²) in [6.07, 6.45) is 6.20. The summed E-state index contributed by atoms with van der Waals surface area (Å²) in [4.78, 5) is 26.5. The summed E-state index contributed by atoms with van der Waals surface area (Å²) in [6, 6.07) is 1.58. The first-order chi connectivity index (χ1) is 9.29. The number of carbonyl (C=O) groups is 2. The lowest BCUT2D eigenvalue weighted by Crippen LogP contribution is -2.27. The molecule has 1 aromatic heterocycles. The van der Waals surface area contributed by atoms with Crippen LogP contribution in [0.2, 0.25) is 0 Å². The van der Waals surface area contributed by atoms with Gasteiger partial charge in [-0.2, -0.15) is 0 Å². The van der Waals surface area contributed by atoms with Gasteiger partial charge in [-0.05, 0) is 24.0 Å². The van der Waals surface area contributed by atoms with Gasteiger partial charge in [-0.1, -0.05) is 20.8 Å². The average molecular weight is 276 g/mol. The van der Waals surface area contributed by atoms with E-state index in [2.05, 4.69) is 31.1 Å². The molecule has 5 heteroatoms. The lowest BCUT2D eigenvalue weighted by atomic mass is 9.92. The molecule has 0 saturated heterocycles. The summed E-state index contributed by atoms with van der Waals surface area (Å²) in [6.45, 7) is 6.89. The number of carbonyl (C=O) groups excluding carboxylic acids is 1. The summed E-state index contributed by atoms with van der Waals surface area (Å²) in [7, 11) is 0. The van der Waals surface area contributed by atoms with Crippen LogP contribution in [0.15, 0.2) is 24.5 Å². The van der Waals surface area contributed by atoms with Gasteiger partial charge in [-0.3, -0.25) is 9.78 Å². The topological polar surface area (TPSA) is 79.3 Å². The molecule has 0 saturated carbocycles. The minimum atomic E-state index is -1.06. The Morgan fingerprint density at radius 1 is 1.40 bits per heavy atom. The molecular formula is C15H20N2O3. The molecular weight excluding hydrogens is 256 g/mol. The zero-order valence-corrected chi connectivity index (χ0v) is 12.0. The smallest absolute Gasteiger partial charge is 0.328 e. The predicted molar refractivity (Wildman–Crippen MR) is 77.3 cm³/mol. The third-order valence-electron chi connectivity index (χ3n) is 2.66. The minimum Gasteiger partial charge on any atom is -0.478 e. The quantitative estimate of drug-likeness (QED) is 0.809. The molecule has 2 N–H and O–H groups in total. The Morgan fingerprint density at radius 2 is 2.10 bits per heavy atom. The van der Waals surface area contributed by atoms with E-state index in [9.17, 15) is 9.59 Å². The zero-order chi connectivity index (χ0) is 15.2. The number of carboxylic acid groups (broad SMARTS) is 1. The SMILES string of the molecule is CC(C)(C)CCNC(=O)c1ccncc1/C=C/C(=O)O. The van der Waals surface area contributed by atoms with Gasteiger partial charge >= 0.3 is 5.97 Å². The standard InChI is InChI=1S/C15H20N2O3/c1-15(2,3)7-9-17-14(20)12-6-8-16-10-11(12)4-5-13(18)19/h4-6,8,10H,7,9H2,1-3H3,(H,17,20)(H,18,19)/b5-4+. The monoisotopic (exact) mass is 276 g/mol. The molecule has 5 nitrogen and oxygen atoms in total. The molecule has 0 aliphatic rings. The number of pyridine rings is 1. The highest BCUT2D eigenvalue weighted by Gasteiger charge is 2.13. The summed E-state index contributed by atoms with van der Waals surface area (Å²) >= 11 is 0. The van der Waals surface area contributed by atoms with Gasteiger partial charge in [0.15, 0.2) is 0 Å². The molecule has 0 aromatic carbocycles. The molecule has 0 atom stereocenters. The molecule has 0 fully saturated rings. The highest BCUT2D eigenvalue weighted by molar-refractivity contribution is 5.98. The van der Waals surface area contributed by atoms with Gasteiger partial charge in [-0.15, -0.1) is 0 Å². The van der Waals surface area contributed by atoms with Crippen molar-refractivity contribution in [2.24, 2.45) is 5.41 Å². The fraction of sp³-hybridized carbons (Fsp3) is 0.400. The van der Waals surface area contributed by atoms with Crippen LogP contribution in [0.4, 0.5) is 0 Å². The van der Waals surface area contributed by atoms with Crippen LogP contribution in [0.25, 0.3) is 6.08 Å². The van der Waals surface area contributed by atoms with Gasteiger partial charge in [0, 0.05) is 36.1 Å². The second-order valence-electron chi connectivity index (χ2n) is 5.70. The van der Waals surface area contributed by atoms with E-state index in [1.165, 1.54) is 18.5 Å². The van der Waals surface area contributed by atoms with E-state index in [0.717, 1.165) is 12.5 Å². The second-order valence-corrected chi connectivity index (χ2v) is 5.70. The molecule has 1 amide bonds. The van der Waals surface area contributed by atoms with Crippen molar-refractivity contribution in [1.29, 1.82) is 0 Å². The molecule has 0 spiro atoms. The van der Waals surface area contributed by atoms with E-state index in [0.29, 0.717) is 17.7 Å². The van der Waals surface area contributed by atoms with Gasteiger partial charge in [0.25, 0.3) is 5.91 Å². The van der Waals surface area contributed by atoms with Gasteiger partial charge < -0.3 is 10.4 Å². The highest BCUT2D eigenvalue weighted by Crippen LogP contribution is 2.17. The van der Waals surface area contributed by atoms with Crippen LogP contribution in [0, 0.1) is 5.41 Å². The Morgan fingerprint density at radius 3 is 2.70 bits per heavy atom. The zero-order valence-electron chi connectivity index (χ0n) is 12.0. The number of amides is 1. The van der Waals surface area contributed by atoms with Crippen LogP contribution < -0.4 is 5.32 Å². The molecule has 20 heavy (non-hydrogen) atoms. The Bertz CT molecular complexity index is 516. The van der Waals surface area contributed by atoms with E-state index in [-0.39, 0.29) is 11.3 Å². The second kappa shape index (κ2) is 6.84. The third kappa shape index (κ3) is 5.65. The summed E-state index contributed by atoms with van der Waals surface area (Å²) in [5.74, 6) is -1.28. The van der Waals surface area contributed by atoms with Crippen LogP contribution in [0.5, 0.6) is 0 Å². The maximum Gasteiger partial charge on any atom is 0.328 e. The maximum absolute atomic E-state index is 12.1. The van der Waals surface area contributed by atoms with Crippen LogP contribution in [-0.2, 0) is 4.79 Å². The molecule has 0 unspecified atom stereocenters. The summed E-state index contributed by atoms with van der Waals surface area (Å²) in [5, 5.41) is 11.5. The Hall–Kier alpha value is -2.17. The van der Waals surface area contributed by atoms with E-state index < -0.39 is 5.97 Å². The molecule has 108 valence electrons. The fourth-order valence-electron chi connectivity index (χ4n) is 1.55. The normalized spacial score (nSPS) is 11.6. The first-order valence-corrected chi connectivity index (χ1v) is 6.43. The van der Waals surface area contributed by atoms with Crippen molar-refractivity contribution in [1.82, 2.24) is 10.3 Å². The van der Waals surface area contributed by atoms with Crippen LogP contribution >= 0.6 is 0 Å². The van der Waals surface area contributed by atoms with E-state index in [1.54, 1.807) is 6.07 Å². The molecule has 0 bridgehead atoms. The minimum absolute atomic E-state index is 0.150. The van der Waals surface area contributed by atoms with Crippen molar-refractivity contribution in [3.63, 3.8) is 0 Å². The predicted octanol–water partition coefficient (Wildman–Crippen LogP) is 2.35. The first-order valence-electron chi connectivity index (χ1n) is 6.43. The van der Waals surface area contributed by atoms with Gasteiger partial charge in [0.05, 0.1) is 0 Å². The molecule has 0 aliphatic heterocycles. The van der Waals surface area contributed by atoms with Crippen molar-refractivity contribution in [2.75, 3.05) is 6.54 Å². The number of nitrogens with one attached hydrogen (secondary N) is 1. The Balaban J connectivity index is 2.75. The Kier molecular flexibility index (Phi) is 5.43. The lowest BCUT2D eigenvalue weighted by molar-refractivity contribution is -0.131. The molecule has 1 aromatic rings. The van der Waals surface area contributed by atoms with Crippen molar-refractivity contribution in [3.05, 3.63) is 35.7 Å². The highest BCUT2D eigenvalue weighted by atomic mass is 16.4. The van der Waals surface area contributed by atoms with Crippen LogP contribution in [0.1, 0.15) is 43.1 Å². The van der Waals surface area contributed by atoms with E-state index in [1.807, 2.05) is 0 Å². The number of rotatable bonds is 5. The number of hydrogen-bond donors (Lipinski definition) is 2. The van der Waals surface area contributed by atoms with Gasteiger partial charge in [-0.25, -0.2) is 4.79 Å². The van der Waals surface area contributed by atoms with Crippen molar-refractivity contribution in [2.45, 2.75) is 27.2 Å². The molecule has 1 rings (SSSR count). The van der Waals surface area contributed by atoms with Crippen molar-refractivity contribution < 1.29 is 14.7 Å². The van der Waals surface area contributed by atoms with E-state index >= 15 is 0 Å². The van der Waals surface area contributed by atoms with Crippen molar-refractivity contribution >= 4 is 18.0 Å².